The number of carbonyl (C=O) groups is 1. The summed E-state index contributed by atoms with van der Waals surface area (Å²) in [7, 11) is 0. The van der Waals surface area contributed by atoms with Gasteiger partial charge in [0, 0.05) is 24.1 Å². The van der Waals surface area contributed by atoms with E-state index >= 15 is 0 Å². The molecule has 1 fully saturated rings. The van der Waals surface area contributed by atoms with Gasteiger partial charge < -0.3 is 9.88 Å². The zero-order valence-corrected chi connectivity index (χ0v) is 13.0. The van der Waals surface area contributed by atoms with Gasteiger partial charge in [0.2, 0.25) is 0 Å². The van der Waals surface area contributed by atoms with Crippen LogP contribution in [0.5, 0.6) is 0 Å². The van der Waals surface area contributed by atoms with Gasteiger partial charge in [-0.1, -0.05) is 12.8 Å². The third-order valence-corrected chi connectivity index (χ3v) is 5.17. The molecule has 3 aromatic heterocycles. The Balaban J connectivity index is 1.72. The maximum Gasteiger partial charge on any atom is 0.272 e. The molecule has 0 unspecified atom stereocenters. The summed E-state index contributed by atoms with van der Waals surface area (Å²) in [6.07, 6.45) is 8.19. The number of carbonyl (C=O) groups excluding carboxylic acids is 1. The number of pyridine rings is 1. The summed E-state index contributed by atoms with van der Waals surface area (Å²) in [4.78, 5) is 16.7. The first-order valence-corrected chi connectivity index (χ1v) is 8.51. The van der Waals surface area contributed by atoms with Crippen molar-refractivity contribution in [1.29, 1.82) is 0 Å². The van der Waals surface area contributed by atoms with E-state index < -0.39 is 0 Å². The summed E-state index contributed by atoms with van der Waals surface area (Å²) in [6.45, 7) is 0. The first-order valence-electron chi connectivity index (χ1n) is 7.63. The van der Waals surface area contributed by atoms with Gasteiger partial charge in [-0.25, -0.2) is 0 Å². The number of rotatable bonds is 3. The molecule has 1 aliphatic carbocycles. The maximum atomic E-state index is 12.7. The third-order valence-electron chi connectivity index (χ3n) is 4.32. The third kappa shape index (κ3) is 2.31. The molecule has 4 nitrogen and oxygen atoms in total. The lowest BCUT2D eigenvalue weighted by atomic mass is 10.2. The van der Waals surface area contributed by atoms with Crippen LogP contribution in [0.2, 0.25) is 0 Å². The molecule has 0 bridgehead atoms. The standard InChI is InChI=1S/C17H17N3OS/c21-17(19-12-5-8-18-9-6-12)15-11-16-14(7-10-22-16)20(15)13-3-1-2-4-13/h5-11,13H,1-4H2,(H,18,19,21). The summed E-state index contributed by atoms with van der Waals surface area (Å²) in [5.41, 5.74) is 2.74. The largest absolute Gasteiger partial charge is 0.333 e. The first-order chi connectivity index (χ1) is 10.8. The molecule has 5 heteroatoms. The van der Waals surface area contributed by atoms with Crippen LogP contribution in [-0.4, -0.2) is 15.5 Å². The van der Waals surface area contributed by atoms with Crippen LogP contribution < -0.4 is 5.32 Å². The zero-order valence-electron chi connectivity index (χ0n) is 12.2. The number of hydrogen-bond donors (Lipinski definition) is 1. The van der Waals surface area contributed by atoms with Crippen LogP contribution in [0.1, 0.15) is 42.2 Å². The second-order valence-electron chi connectivity index (χ2n) is 5.70. The quantitative estimate of drug-likeness (QED) is 0.776. The molecule has 0 atom stereocenters. The van der Waals surface area contributed by atoms with Gasteiger partial charge in [-0.2, -0.15) is 0 Å². The van der Waals surface area contributed by atoms with E-state index in [1.165, 1.54) is 23.1 Å². The average molecular weight is 311 g/mol. The summed E-state index contributed by atoms with van der Waals surface area (Å²) in [5.74, 6) is -0.0403. The topological polar surface area (TPSA) is 46.9 Å². The van der Waals surface area contributed by atoms with Crippen LogP contribution in [0.25, 0.3) is 10.2 Å². The van der Waals surface area contributed by atoms with E-state index in [9.17, 15) is 4.79 Å². The van der Waals surface area contributed by atoms with Crippen molar-refractivity contribution in [3.63, 3.8) is 0 Å². The highest BCUT2D eigenvalue weighted by Crippen LogP contribution is 2.36. The van der Waals surface area contributed by atoms with Crippen molar-refractivity contribution in [2.45, 2.75) is 31.7 Å². The van der Waals surface area contributed by atoms with Crippen molar-refractivity contribution >= 4 is 33.1 Å². The molecule has 0 radical (unpaired) electrons. The molecule has 3 aromatic rings. The highest BCUT2D eigenvalue weighted by atomic mass is 32.1. The summed E-state index contributed by atoms with van der Waals surface area (Å²) in [5, 5.41) is 5.08. The number of hydrogen-bond acceptors (Lipinski definition) is 3. The molecule has 0 aliphatic heterocycles. The molecule has 3 heterocycles. The monoisotopic (exact) mass is 311 g/mol. The average Bonchev–Trinajstić information content (AvgIpc) is 3.24. The fourth-order valence-electron chi connectivity index (χ4n) is 3.31. The minimum Gasteiger partial charge on any atom is -0.333 e. The van der Waals surface area contributed by atoms with Crippen LogP contribution in [0, 0.1) is 0 Å². The van der Waals surface area contributed by atoms with Crippen LogP contribution >= 0.6 is 11.3 Å². The van der Waals surface area contributed by atoms with Crippen molar-refractivity contribution in [1.82, 2.24) is 9.55 Å². The minimum absolute atomic E-state index is 0.0403. The van der Waals surface area contributed by atoms with E-state index in [1.54, 1.807) is 23.7 Å². The predicted octanol–water partition coefficient (Wildman–Crippen LogP) is 4.47. The first kappa shape index (κ1) is 13.5. The van der Waals surface area contributed by atoms with Crippen molar-refractivity contribution < 1.29 is 4.79 Å². The van der Waals surface area contributed by atoms with Gasteiger partial charge >= 0.3 is 0 Å². The molecule has 1 amide bonds. The highest BCUT2D eigenvalue weighted by Gasteiger charge is 2.25. The summed E-state index contributed by atoms with van der Waals surface area (Å²) in [6, 6.07) is 8.22. The summed E-state index contributed by atoms with van der Waals surface area (Å²) < 4.78 is 3.43. The molecule has 1 aliphatic rings. The number of nitrogens with zero attached hydrogens (tertiary/aromatic N) is 2. The van der Waals surface area contributed by atoms with Crippen molar-refractivity contribution in [2.75, 3.05) is 5.32 Å². The van der Waals surface area contributed by atoms with E-state index in [4.69, 9.17) is 0 Å². The van der Waals surface area contributed by atoms with E-state index in [-0.39, 0.29) is 5.91 Å². The van der Waals surface area contributed by atoms with Gasteiger partial charge in [-0.05, 0) is 42.5 Å². The Bertz CT molecular complexity index is 800. The molecular weight excluding hydrogens is 294 g/mol. The number of thiophene rings is 1. The Labute approximate surface area is 132 Å². The smallest absolute Gasteiger partial charge is 0.272 e. The second kappa shape index (κ2) is 5.57. The van der Waals surface area contributed by atoms with E-state index in [0.717, 1.165) is 24.2 Å². The van der Waals surface area contributed by atoms with Crippen molar-refractivity contribution in [3.8, 4) is 0 Å². The van der Waals surface area contributed by atoms with Gasteiger partial charge in [-0.3, -0.25) is 9.78 Å². The highest BCUT2D eigenvalue weighted by molar-refractivity contribution is 7.17. The van der Waals surface area contributed by atoms with Gasteiger partial charge in [0.1, 0.15) is 5.69 Å². The van der Waals surface area contributed by atoms with E-state index in [1.807, 2.05) is 18.2 Å². The fourth-order valence-corrected chi connectivity index (χ4v) is 4.12. The molecular formula is C17H17N3OS. The molecule has 112 valence electrons. The molecule has 1 saturated carbocycles. The Morgan fingerprint density at radius 2 is 2.00 bits per heavy atom. The van der Waals surface area contributed by atoms with Gasteiger partial charge in [0.25, 0.3) is 5.91 Å². The SMILES string of the molecule is O=C(Nc1ccncc1)c1cc2sccc2n1C1CCCC1. The number of aromatic nitrogens is 2. The predicted molar refractivity (Wildman–Crippen MR) is 89.5 cm³/mol. The molecule has 0 aromatic carbocycles. The van der Waals surface area contributed by atoms with Gasteiger partial charge in [0.05, 0.1) is 10.2 Å². The molecule has 0 spiro atoms. The van der Waals surface area contributed by atoms with Crippen LogP contribution in [0.4, 0.5) is 5.69 Å². The normalized spacial score (nSPS) is 15.5. The Morgan fingerprint density at radius 3 is 2.77 bits per heavy atom. The van der Waals surface area contributed by atoms with Crippen LogP contribution in [0.15, 0.2) is 42.0 Å². The molecule has 0 saturated heterocycles. The molecule has 1 N–H and O–H groups in total. The molecule has 22 heavy (non-hydrogen) atoms. The minimum atomic E-state index is -0.0403. The lowest BCUT2D eigenvalue weighted by Gasteiger charge is -2.17. The Hall–Kier alpha value is -2.14. The lowest BCUT2D eigenvalue weighted by molar-refractivity contribution is 0.101. The van der Waals surface area contributed by atoms with E-state index in [2.05, 4.69) is 26.3 Å². The van der Waals surface area contributed by atoms with Crippen molar-refractivity contribution in [3.05, 3.63) is 47.7 Å². The van der Waals surface area contributed by atoms with Crippen molar-refractivity contribution in [2.24, 2.45) is 0 Å². The Morgan fingerprint density at radius 1 is 1.23 bits per heavy atom. The van der Waals surface area contributed by atoms with Crippen LogP contribution in [-0.2, 0) is 0 Å². The van der Waals surface area contributed by atoms with Crippen LogP contribution in [0.3, 0.4) is 0 Å². The molecule has 4 rings (SSSR count). The summed E-state index contributed by atoms with van der Waals surface area (Å²) >= 11 is 1.69. The maximum absolute atomic E-state index is 12.7. The van der Waals surface area contributed by atoms with Gasteiger partial charge in [0.15, 0.2) is 0 Å². The lowest BCUT2D eigenvalue weighted by Crippen LogP contribution is -2.19. The van der Waals surface area contributed by atoms with E-state index in [0.29, 0.717) is 6.04 Å². The second-order valence-corrected chi connectivity index (χ2v) is 6.65. The number of fused-ring (bicyclic) bond motifs is 1. The fraction of sp³-hybridized carbons (Fsp3) is 0.294. The Kier molecular flexibility index (Phi) is 3.42. The number of amides is 1. The number of nitrogens with one attached hydrogen (secondary N) is 1. The number of anilines is 1. The van der Waals surface area contributed by atoms with Gasteiger partial charge in [-0.15, -0.1) is 11.3 Å². The zero-order chi connectivity index (χ0) is 14.9.